The molecule has 0 radical (unpaired) electrons. The SMILES string of the molecule is c1cc(-c2c(N(c3ccc(-c4ccc5ccccc5c4)cc3)c3ccc(-c4cccc5c4oc4ccccc45)cc3)ccc3c2oc2ccccc23)cc(-n2c3ccccc3c3ccccc32)c1. The van der Waals surface area contributed by atoms with Crippen LogP contribution < -0.4 is 4.90 Å². The summed E-state index contributed by atoms with van der Waals surface area (Å²) in [6.45, 7) is 0. The smallest absolute Gasteiger partial charge is 0.145 e. The number of rotatable bonds is 7. The first kappa shape index (κ1) is 38.2. The van der Waals surface area contributed by atoms with Crippen molar-refractivity contribution in [3.8, 4) is 39.1 Å². The molecule has 0 saturated carbocycles. The highest BCUT2D eigenvalue weighted by atomic mass is 16.3. The van der Waals surface area contributed by atoms with Gasteiger partial charge < -0.3 is 18.3 Å². The average Bonchev–Trinajstić information content (AvgIpc) is 4.09. The summed E-state index contributed by atoms with van der Waals surface area (Å²) in [6.07, 6.45) is 0. The number of para-hydroxylation sites is 5. The van der Waals surface area contributed by atoms with E-state index in [1.807, 2.05) is 18.2 Å². The Hall–Kier alpha value is -9.12. The minimum Gasteiger partial charge on any atom is -0.455 e. The van der Waals surface area contributed by atoms with Crippen molar-refractivity contribution in [2.75, 3.05) is 4.90 Å². The van der Waals surface area contributed by atoms with E-state index in [2.05, 4.69) is 234 Å². The first-order valence-corrected chi connectivity index (χ1v) is 23.2. The van der Waals surface area contributed by atoms with Gasteiger partial charge in [-0.25, -0.2) is 0 Å². The lowest BCUT2D eigenvalue weighted by Gasteiger charge is -2.28. The van der Waals surface area contributed by atoms with Gasteiger partial charge in [0.1, 0.15) is 22.3 Å². The Morgan fingerprint density at radius 1 is 0.324 bits per heavy atom. The molecule has 0 atom stereocenters. The molecule has 0 aliphatic rings. The Balaban J connectivity index is 0.983. The molecule has 3 heterocycles. The monoisotopic (exact) mass is 868 g/mol. The van der Waals surface area contributed by atoms with Crippen LogP contribution in [-0.2, 0) is 0 Å². The summed E-state index contributed by atoms with van der Waals surface area (Å²) in [5, 5.41) is 9.30. The molecule has 0 aliphatic heterocycles. The first-order chi connectivity index (χ1) is 33.7. The highest BCUT2D eigenvalue weighted by molar-refractivity contribution is 6.14. The molecule has 0 saturated heterocycles. The number of aromatic nitrogens is 1. The van der Waals surface area contributed by atoms with E-state index in [-0.39, 0.29) is 0 Å². The molecular formula is C64H40N2O2. The highest BCUT2D eigenvalue weighted by Gasteiger charge is 2.24. The zero-order valence-corrected chi connectivity index (χ0v) is 36.8. The predicted octanol–water partition coefficient (Wildman–Crippen LogP) is 18.2. The minimum absolute atomic E-state index is 0.842. The zero-order chi connectivity index (χ0) is 44.7. The summed E-state index contributed by atoms with van der Waals surface area (Å²) in [5.74, 6) is 0. The molecule has 68 heavy (non-hydrogen) atoms. The maximum Gasteiger partial charge on any atom is 0.145 e. The van der Waals surface area contributed by atoms with E-state index in [0.717, 1.165) is 94.4 Å². The minimum atomic E-state index is 0.842. The Bertz CT molecular complexity index is 4210. The molecule has 4 nitrogen and oxygen atoms in total. The Labute approximate surface area is 391 Å². The van der Waals surface area contributed by atoms with Gasteiger partial charge in [0.25, 0.3) is 0 Å². The lowest BCUT2D eigenvalue weighted by Crippen LogP contribution is -2.11. The summed E-state index contributed by atoms with van der Waals surface area (Å²) in [5.41, 5.74) is 16.5. The number of benzene rings is 11. The van der Waals surface area contributed by atoms with Crippen molar-refractivity contribution in [1.82, 2.24) is 4.57 Å². The lowest BCUT2D eigenvalue weighted by atomic mass is 9.97. The van der Waals surface area contributed by atoms with Crippen molar-refractivity contribution in [3.63, 3.8) is 0 Å². The van der Waals surface area contributed by atoms with Gasteiger partial charge in [-0.2, -0.15) is 0 Å². The van der Waals surface area contributed by atoms with Gasteiger partial charge >= 0.3 is 0 Å². The van der Waals surface area contributed by atoms with Crippen LogP contribution in [-0.4, -0.2) is 4.57 Å². The van der Waals surface area contributed by atoms with Crippen LogP contribution in [0.3, 0.4) is 0 Å². The topological polar surface area (TPSA) is 34.5 Å². The van der Waals surface area contributed by atoms with Crippen LogP contribution in [0.1, 0.15) is 0 Å². The third kappa shape index (κ3) is 6.01. The number of hydrogen-bond donors (Lipinski definition) is 0. The molecule has 0 fully saturated rings. The van der Waals surface area contributed by atoms with Crippen LogP contribution in [0.2, 0.25) is 0 Å². The molecule has 0 aliphatic carbocycles. The fourth-order valence-corrected chi connectivity index (χ4v) is 10.6. The Morgan fingerprint density at radius 2 is 0.868 bits per heavy atom. The number of anilines is 3. The second-order valence-electron chi connectivity index (χ2n) is 17.6. The second kappa shape index (κ2) is 15.2. The molecular weight excluding hydrogens is 829 g/mol. The van der Waals surface area contributed by atoms with E-state index in [4.69, 9.17) is 8.83 Å². The third-order valence-electron chi connectivity index (χ3n) is 13.8. The van der Waals surface area contributed by atoms with E-state index >= 15 is 0 Å². The van der Waals surface area contributed by atoms with Gasteiger partial charge in [0.05, 0.1) is 16.7 Å². The fourth-order valence-electron chi connectivity index (χ4n) is 10.6. The number of furan rings is 2. The summed E-state index contributed by atoms with van der Waals surface area (Å²) >= 11 is 0. The molecule has 11 aromatic carbocycles. The normalized spacial score (nSPS) is 11.8. The van der Waals surface area contributed by atoms with Crippen LogP contribution in [0.15, 0.2) is 251 Å². The molecule has 0 N–H and O–H groups in total. The first-order valence-electron chi connectivity index (χ1n) is 23.2. The highest BCUT2D eigenvalue weighted by Crippen LogP contribution is 2.48. The van der Waals surface area contributed by atoms with E-state index < -0.39 is 0 Å². The second-order valence-corrected chi connectivity index (χ2v) is 17.6. The maximum absolute atomic E-state index is 6.98. The molecule has 4 heteroatoms. The molecule has 318 valence electrons. The van der Waals surface area contributed by atoms with Gasteiger partial charge in [0.15, 0.2) is 0 Å². The number of fused-ring (bicyclic) bond motifs is 10. The quantitative estimate of drug-likeness (QED) is 0.160. The van der Waals surface area contributed by atoms with Crippen molar-refractivity contribution >= 4 is 93.5 Å². The number of nitrogens with zero attached hydrogens (tertiary/aromatic N) is 2. The zero-order valence-electron chi connectivity index (χ0n) is 36.8. The Kier molecular flexibility index (Phi) is 8.55. The summed E-state index contributed by atoms with van der Waals surface area (Å²) in [6, 6.07) is 87.0. The predicted molar refractivity (Wildman–Crippen MR) is 284 cm³/mol. The average molecular weight is 869 g/mol. The van der Waals surface area contributed by atoms with Crippen molar-refractivity contribution in [2.24, 2.45) is 0 Å². The van der Waals surface area contributed by atoms with Gasteiger partial charge in [-0.1, -0.05) is 164 Å². The molecule has 0 amide bonds. The van der Waals surface area contributed by atoms with Gasteiger partial charge in [-0.15, -0.1) is 0 Å². The van der Waals surface area contributed by atoms with E-state index in [0.29, 0.717) is 0 Å². The van der Waals surface area contributed by atoms with Gasteiger partial charge in [-0.05, 0) is 112 Å². The largest absolute Gasteiger partial charge is 0.455 e. The van der Waals surface area contributed by atoms with Crippen LogP contribution >= 0.6 is 0 Å². The summed E-state index contributed by atoms with van der Waals surface area (Å²) in [7, 11) is 0. The van der Waals surface area contributed by atoms with E-state index in [1.54, 1.807) is 0 Å². The molecule has 0 bridgehead atoms. The van der Waals surface area contributed by atoms with Crippen LogP contribution in [0.25, 0.3) is 116 Å². The van der Waals surface area contributed by atoms with Crippen LogP contribution in [0, 0.1) is 0 Å². The van der Waals surface area contributed by atoms with Crippen LogP contribution in [0.5, 0.6) is 0 Å². The molecule has 0 spiro atoms. The number of hydrogen-bond acceptors (Lipinski definition) is 3. The lowest BCUT2D eigenvalue weighted by molar-refractivity contribution is 0.669. The van der Waals surface area contributed by atoms with E-state index in [1.165, 1.54) is 38.1 Å². The molecule has 0 unspecified atom stereocenters. The fraction of sp³-hybridized carbons (Fsp3) is 0. The van der Waals surface area contributed by atoms with Crippen molar-refractivity contribution in [3.05, 3.63) is 243 Å². The maximum atomic E-state index is 6.98. The summed E-state index contributed by atoms with van der Waals surface area (Å²) in [4.78, 5) is 2.38. The molecule has 14 aromatic rings. The molecule has 14 rings (SSSR count). The van der Waals surface area contributed by atoms with Crippen molar-refractivity contribution in [2.45, 2.75) is 0 Å². The molecule has 3 aromatic heterocycles. The van der Waals surface area contributed by atoms with E-state index in [9.17, 15) is 0 Å². The Morgan fingerprint density at radius 3 is 1.57 bits per heavy atom. The van der Waals surface area contributed by atoms with Gasteiger partial charge in [0.2, 0.25) is 0 Å². The third-order valence-corrected chi connectivity index (χ3v) is 13.8. The van der Waals surface area contributed by atoms with Gasteiger partial charge in [0, 0.05) is 60.5 Å². The van der Waals surface area contributed by atoms with Crippen molar-refractivity contribution in [1.29, 1.82) is 0 Å². The standard InChI is InChI=1S/C64H40N2O2/c1-2-14-44-39-45(28-27-41(44)13-1)42-29-33-47(34-30-42)65(48-35-31-43(32-36-48)50-21-12-22-55-53-19-5-9-25-60(53)67-63(50)55)59-38-37-56-54-20-6-10-26-61(54)68-64(56)62(59)46-15-11-16-49(40-46)66-57-23-7-3-17-51(57)52-18-4-8-24-58(52)66/h1-40H. The van der Waals surface area contributed by atoms with Gasteiger partial charge in [-0.3, -0.25) is 0 Å². The summed E-state index contributed by atoms with van der Waals surface area (Å²) < 4.78 is 15.9. The van der Waals surface area contributed by atoms with Crippen LogP contribution in [0.4, 0.5) is 17.1 Å². The van der Waals surface area contributed by atoms with Crippen molar-refractivity contribution < 1.29 is 8.83 Å².